The summed E-state index contributed by atoms with van der Waals surface area (Å²) in [5.41, 5.74) is 6.91. The van der Waals surface area contributed by atoms with Crippen LogP contribution < -0.4 is 5.73 Å². The number of hydrogen-bond donors (Lipinski definition) is 2. The molecule has 0 amide bonds. The molecule has 2 rings (SSSR count). The molecule has 1 aromatic carbocycles. The molecule has 1 aromatic heterocycles. The molecule has 3 heteroatoms. The molecule has 0 saturated carbocycles. The van der Waals surface area contributed by atoms with E-state index in [9.17, 15) is 5.11 Å². The summed E-state index contributed by atoms with van der Waals surface area (Å²) < 4.78 is 0. The first-order valence-electron chi connectivity index (χ1n) is 8.28. The number of aryl methyl sites for hydroxylation is 2. The summed E-state index contributed by atoms with van der Waals surface area (Å²) in [6, 6.07) is 15.0. The predicted octanol–water partition coefficient (Wildman–Crippen LogP) is 4.43. The van der Waals surface area contributed by atoms with Crippen molar-refractivity contribution in [3.63, 3.8) is 0 Å². The molecule has 0 radical (unpaired) electrons. The van der Waals surface area contributed by atoms with Crippen LogP contribution >= 0.6 is 11.3 Å². The minimum Gasteiger partial charge on any atom is -0.394 e. The summed E-state index contributed by atoms with van der Waals surface area (Å²) in [5, 5.41) is 9.19. The summed E-state index contributed by atoms with van der Waals surface area (Å²) >= 11 is 1.81. The minimum absolute atomic E-state index is 0.0343. The van der Waals surface area contributed by atoms with Gasteiger partial charge in [0.1, 0.15) is 0 Å². The largest absolute Gasteiger partial charge is 0.394 e. The average molecular weight is 330 g/mol. The Morgan fingerprint density at radius 2 is 1.91 bits per heavy atom. The van der Waals surface area contributed by atoms with Crippen molar-refractivity contribution in [3.05, 3.63) is 63.9 Å². The Bertz CT molecular complexity index is 601. The topological polar surface area (TPSA) is 46.2 Å². The van der Waals surface area contributed by atoms with Gasteiger partial charge in [0.2, 0.25) is 0 Å². The summed E-state index contributed by atoms with van der Waals surface area (Å²) in [7, 11) is 0. The number of aliphatic hydroxyl groups excluding tert-OH is 1. The van der Waals surface area contributed by atoms with Crippen molar-refractivity contribution in [1.82, 2.24) is 0 Å². The third-order valence-corrected chi connectivity index (χ3v) is 5.06. The van der Waals surface area contributed by atoms with Gasteiger partial charge in [0.05, 0.1) is 6.61 Å². The van der Waals surface area contributed by atoms with E-state index in [4.69, 9.17) is 5.73 Å². The lowest BCUT2D eigenvalue weighted by Gasteiger charge is -2.20. The number of benzene rings is 1. The molecule has 0 bridgehead atoms. The number of unbranched alkanes of at least 4 members (excludes halogenated alkanes) is 1. The van der Waals surface area contributed by atoms with Crippen LogP contribution in [0.3, 0.4) is 0 Å². The van der Waals surface area contributed by atoms with E-state index < -0.39 is 5.54 Å². The lowest BCUT2D eigenvalue weighted by molar-refractivity contribution is 0.201. The van der Waals surface area contributed by atoms with Crippen LogP contribution in [-0.4, -0.2) is 17.3 Å². The maximum absolute atomic E-state index is 9.19. The maximum atomic E-state index is 9.19. The second kappa shape index (κ2) is 9.02. The van der Waals surface area contributed by atoms with E-state index in [2.05, 4.69) is 54.6 Å². The third kappa shape index (κ3) is 6.69. The number of aliphatic hydroxyl groups is 1. The van der Waals surface area contributed by atoms with Crippen LogP contribution in [0, 0.1) is 0 Å². The lowest BCUT2D eigenvalue weighted by atomic mass is 9.98. The molecule has 1 atom stereocenters. The highest BCUT2D eigenvalue weighted by Gasteiger charge is 2.16. The second-order valence-corrected chi connectivity index (χ2v) is 7.60. The summed E-state index contributed by atoms with van der Waals surface area (Å²) in [6.07, 6.45) is 9.64. The molecule has 0 spiro atoms. The van der Waals surface area contributed by atoms with E-state index in [1.54, 1.807) is 0 Å². The van der Waals surface area contributed by atoms with E-state index in [1.807, 2.05) is 18.3 Å². The molecule has 2 aromatic rings. The molecular formula is C20H27NOS. The molecule has 0 aliphatic heterocycles. The summed E-state index contributed by atoms with van der Waals surface area (Å²) in [4.78, 5) is 2.63. The Hall–Kier alpha value is -1.42. The van der Waals surface area contributed by atoms with Crippen LogP contribution in [0.1, 0.15) is 41.5 Å². The number of hydrogen-bond acceptors (Lipinski definition) is 3. The third-order valence-electron chi connectivity index (χ3n) is 3.95. The lowest BCUT2D eigenvalue weighted by Crippen LogP contribution is -2.40. The fourth-order valence-electron chi connectivity index (χ4n) is 2.37. The van der Waals surface area contributed by atoms with Gasteiger partial charge in [0.25, 0.3) is 0 Å². The zero-order chi connectivity index (χ0) is 16.5. The van der Waals surface area contributed by atoms with Crippen molar-refractivity contribution in [1.29, 1.82) is 0 Å². The minimum atomic E-state index is -0.475. The molecule has 0 aliphatic carbocycles. The number of thiophene rings is 1. The Morgan fingerprint density at radius 1 is 1.13 bits per heavy atom. The number of rotatable bonds is 9. The summed E-state index contributed by atoms with van der Waals surface area (Å²) in [5.74, 6) is 0. The SMILES string of the molecule is CC(N)(CO)CCc1ccc(C=CCCCc2ccccc2)s1. The van der Waals surface area contributed by atoms with Crippen molar-refractivity contribution in [3.8, 4) is 0 Å². The van der Waals surface area contributed by atoms with Gasteiger partial charge in [-0.05, 0) is 62.8 Å². The van der Waals surface area contributed by atoms with Gasteiger partial charge in [-0.3, -0.25) is 0 Å². The second-order valence-electron chi connectivity index (χ2n) is 6.40. The Kier molecular flexibility index (Phi) is 7.03. The van der Waals surface area contributed by atoms with Crippen LogP contribution in [0.15, 0.2) is 48.5 Å². The Morgan fingerprint density at radius 3 is 2.65 bits per heavy atom. The zero-order valence-corrected chi connectivity index (χ0v) is 14.7. The van der Waals surface area contributed by atoms with Crippen molar-refractivity contribution < 1.29 is 5.11 Å². The van der Waals surface area contributed by atoms with Crippen LogP contribution in [0.4, 0.5) is 0 Å². The Labute approximate surface area is 143 Å². The van der Waals surface area contributed by atoms with Gasteiger partial charge in [-0.1, -0.05) is 36.4 Å². The van der Waals surface area contributed by atoms with Gasteiger partial charge in [0, 0.05) is 15.3 Å². The molecular weight excluding hydrogens is 302 g/mol. The molecule has 0 saturated heterocycles. The molecule has 23 heavy (non-hydrogen) atoms. The first-order chi connectivity index (χ1) is 11.1. The van der Waals surface area contributed by atoms with Crippen molar-refractivity contribution >= 4 is 17.4 Å². The van der Waals surface area contributed by atoms with Gasteiger partial charge in [-0.2, -0.15) is 0 Å². The van der Waals surface area contributed by atoms with Gasteiger partial charge in [-0.25, -0.2) is 0 Å². The van der Waals surface area contributed by atoms with Crippen molar-refractivity contribution in [2.45, 2.75) is 44.6 Å². The number of nitrogens with two attached hydrogens (primary N) is 1. The smallest absolute Gasteiger partial charge is 0.0608 e. The highest BCUT2D eigenvalue weighted by atomic mass is 32.1. The summed E-state index contributed by atoms with van der Waals surface area (Å²) in [6.45, 7) is 1.93. The fourth-order valence-corrected chi connectivity index (χ4v) is 3.32. The van der Waals surface area contributed by atoms with Crippen molar-refractivity contribution in [2.75, 3.05) is 6.61 Å². The quantitative estimate of drug-likeness (QED) is 0.669. The van der Waals surface area contributed by atoms with Gasteiger partial charge in [0.15, 0.2) is 0 Å². The molecule has 0 aliphatic rings. The van der Waals surface area contributed by atoms with Gasteiger partial charge >= 0.3 is 0 Å². The van der Waals surface area contributed by atoms with Gasteiger partial charge in [-0.15, -0.1) is 11.3 Å². The van der Waals surface area contributed by atoms with E-state index in [-0.39, 0.29) is 6.61 Å². The molecule has 1 heterocycles. The normalized spacial score (nSPS) is 14.2. The zero-order valence-electron chi connectivity index (χ0n) is 13.9. The number of allylic oxidation sites excluding steroid dienone is 1. The highest BCUT2D eigenvalue weighted by molar-refractivity contribution is 7.12. The predicted molar refractivity (Wildman–Crippen MR) is 101 cm³/mol. The highest BCUT2D eigenvalue weighted by Crippen LogP contribution is 2.21. The maximum Gasteiger partial charge on any atom is 0.0608 e. The van der Waals surface area contributed by atoms with E-state index in [0.717, 1.165) is 25.7 Å². The van der Waals surface area contributed by atoms with E-state index >= 15 is 0 Å². The van der Waals surface area contributed by atoms with E-state index in [1.165, 1.54) is 21.7 Å². The first kappa shape index (κ1) is 17.9. The monoisotopic (exact) mass is 329 g/mol. The average Bonchev–Trinajstić information content (AvgIpc) is 3.02. The van der Waals surface area contributed by atoms with Crippen molar-refractivity contribution in [2.24, 2.45) is 5.73 Å². The Balaban J connectivity index is 1.71. The van der Waals surface area contributed by atoms with E-state index in [0.29, 0.717) is 0 Å². The van der Waals surface area contributed by atoms with Crippen LogP contribution in [-0.2, 0) is 12.8 Å². The molecule has 0 fully saturated rings. The molecule has 1 unspecified atom stereocenters. The molecule has 2 nitrogen and oxygen atoms in total. The molecule has 124 valence electrons. The van der Waals surface area contributed by atoms with Crippen LogP contribution in [0.2, 0.25) is 0 Å². The first-order valence-corrected chi connectivity index (χ1v) is 9.10. The van der Waals surface area contributed by atoms with Crippen LogP contribution in [0.5, 0.6) is 0 Å². The van der Waals surface area contributed by atoms with Crippen LogP contribution in [0.25, 0.3) is 6.08 Å². The molecule has 3 N–H and O–H groups in total. The standard InChI is InChI=1S/C20H27NOS/c1-20(21,16-22)15-14-19-13-12-18(23-19)11-7-3-6-10-17-8-4-2-5-9-17/h2,4-5,7-9,11-13,22H,3,6,10,14-16,21H2,1H3. The van der Waals surface area contributed by atoms with Gasteiger partial charge < -0.3 is 10.8 Å². The fraction of sp³-hybridized carbons (Fsp3) is 0.400.